The molecule has 0 spiro atoms. The summed E-state index contributed by atoms with van der Waals surface area (Å²) < 4.78 is 10.7. The molecular formula is C13H22N2O5. The predicted octanol–water partition coefficient (Wildman–Crippen LogP) is 0.439. The lowest BCUT2D eigenvalue weighted by molar-refractivity contribution is -0.139. The van der Waals surface area contributed by atoms with Gasteiger partial charge in [-0.3, -0.25) is 4.79 Å². The molecule has 2 N–H and O–H groups in total. The number of hydrogen-bond acceptors (Lipinski definition) is 4. The van der Waals surface area contributed by atoms with Gasteiger partial charge in [0.15, 0.2) is 0 Å². The Hall–Kier alpha value is -1.34. The zero-order valence-electron chi connectivity index (χ0n) is 11.7. The van der Waals surface area contributed by atoms with Gasteiger partial charge in [-0.15, -0.1) is 0 Å². The molecule has 20 heavy (non-hydrogen) atoms. The van der Waals surface area contributed by atoms with Crippen LogP contribution >= 0.6 is 0 Å². The van der Waals surface area contributed by atoms with Gasteiger partial charge >= 0.3 is 12.0 Å². The van der Waals surface area contributed by atoms with E-state index >= 15 is 0 Å². The number of carbonyl (C=O) groups excluding carboxylic acids is 1. The van der Waals surface area contributed by atoms with Crippen molar-refractivity contribution in [2.24, 2.45) is 0 Å². The van der Waals surface area contributed by atoms with Crippen molar-refractivity contribution >= 4 is 12.0 Å². The molecule has 2 fully saturated rings. The molecule has 2 amide bonds. The summed E-state index contributed by atoms with van der Waals surface area (Å²) in [7, 11) is 0. The van der Waals surface area contributed by atoms with Crippen molar-refractivity contribution in [2.45, 2.75) is 44.4 Å². The van der Waals surface area contributed by atoms with Crippen molar-refractivity contribution in [1.82, 2.24) is 10.2 Å². The van der Waals surface area contributed by atoms with E-state index < -0.39 is 12.0 Å². The Morgan fingerprint density at radius 1 is 1.40 bits per heavy atom. The smallest absolute Gasteiger partial charge is 0.318 e. The van der Waals surface area contributed by atoms with Gasteiger partial charge < -0.3 is 24.8 Å². The van der Waals surface area contributed by atoms with Crippen molar-refractivity contribution in [3.8, 4) is 0 Å². The van der Waals surface area contributed by atoms with E-state index in [9.17, 15) is 9.59 Å². The van der Waals surface area contributed by atoms with Crippen LogP contribution in [0.15, 0.2) is 0 Å². The standard InChI is InChI=1S/C13H22N2O5/c1-9-6-10(2-4-20-9)14-13(18)15-3-5-19-8-11(15)7-12(16)17/h9-11H,2-8H2,1H3,(H,14,18)(H,16,17). The SMILES string of the molecule is CC1CC(NC(=O)N2CCOCC2CC(=O)O)CCO1. The largest absolute Gasteiger partial charge is 0.481 e. The zero-order chi connectivity index (χ0) is 14.5. The average Bonchev–Trinajstić information content (AvgIpc) is 2.38. The molecule has 0 saturated carbocycles. The second-order valence-electron chi connectivity index (χ2n) is 5.37. The summed E-state index contributed by atoms with van der Waals surface area (Å²) in [6.07, 6.45) is 1.65. The second-order valence-corrected chi connectivity index (χ2v) is 5.37. The number of carboxylic acid groups (broad SMARTS) is 1. The molecule has 0 aromatic rings. The van der Waals surface area contributed by atoms with E-state index in [1.807, 2.05) is 6.92 Å². The summed E-state index contributed by atoms with van der Waals surface area (Å²) in [5.41, 5.74) is 0. The quantitative estimate of drug-likeness (QED) is 0.786. The molecule has 0 aromatic heterocycles. The predicted molar refractivity (Wildman–Crippen MR) is 70.5 cm³/mol. The summed E-state index contributed by atoms with van der Waals surface area (Å²) in [5.74, 6) is -0.919. The number of nitrogens with zero attached hydrogens (tertiary/aromatic N) is 1. The number of nitrogens with one attached hydrogen (secondary N) is 1. The molecule has 7 heteroatoms. The maximum Gasteiger partial charge on any atom is 0.318 e. The maximum atomic E-state index is 12.3. The number of carbonyl (C=O) groups is 2. The van der Waals surface area contributed by atoms with Crippen molar-refractivity contribution in [2.75, 3.05) is 26.4 Å². The Morgan fingerprint density at radius 3 is 2.90 bits per heavy atom. The van der Waals surface area contributed by atoms with Gasteiger partial charge in [0, 0.05) is 19.2 Å². The minimum Gasteiger partial charge on any atom is -0.481 e. The number of carboxylic acids is 1. The molecule has 3 unspecified atom stereocenters. The lowest BCUT2D eigenvalue weighted by Crippen LogP contribution is -2.55. The van der Waals surface area contributed by atoms with Crippen LogP contribution in [0.4, 0.5) is 4.79 Å². The van der Waals surface area contributed by atoms with Crippen molar-refractivity contribution in [3.63, 3.8) is 0 Å². The van der Waals surface area contributed by atoms with E-state index in [-0.39, 0.29) is 31.2 Å². The Kier molecular flexibility index (Phi) is 5.19. The fourth-order valence-electron chi connectivity index (χ4n) is 2.68. The number of aliphatic carboxylic acids is 1. The molecule has 0 bridgehead atoms. The molecule has 2 heterocycles. The summed E-state index contributed by atoms with van der Waals surface area (Å²) in [6, 6.07) is -0.489. The van der Waals surface area contributed by atoms with Gasteiger partial charge in [-0.2, -0.15) is 0 Å². The third-order valence-electron chi connectivity index (χ3n) is 3.71. The molecule has 2 aliphatic heterocycles. The summed E-state index contributed by atoms with van der Waals surface area (Å²) in [5, 5.41) is 11.9. The number of morpholine rings is 1. The molecule has 2 aliphatic rings. The third kappa shape index (κ3) is 4.08. The van der Waals surface area contributed by atoms with E-state index in [1.54, 1.807) is 4.90 Å². The topological polar surface area (TPSA) is 88.1 Å². The van der Waals surface area contributed by atoms with Crippen LogP contribution in [0.2, 0.25) is 0 Å². The van der Waals surface area contributed by atoms with E-state index in [4.69, 9.17) is 14.6 Å². The van der Waals surface area contributed by atoms with Crippen molar-refractivity contribution < 1.29 is 24.2 Å². The number of ether oxygens (including phenoxy) is 2. The van der Waals surface area contributed by atoms with Gasteiger partial charge in [-0.1, -0.05) is 0 Å². The summed E-state index contributed by atoms with van der Waals surface area (Å²) in [6.45, 7) is 3.80. The highest BCUT2D eigenvalue weighted by Crippen LogP contribution is 2.15. The lowest BCUT2D eigenvalue weighted by atomic mass is 10.0. The first-order valence-electron chi connectivity index (χ1n) is 7.04. The van der Waals surface area contributed by atoms with Crippen LogP contribution < -0.4 is 5.32 Å². The minimum absolute atomic E-state index is 0.0857. The normalized spacial score (nSPS) is 30.9. The summed E-state index contributed by atoms with van der Waals surface area (Å²) in [4.78, 5) is 24.7. The second kappa shape index (κ2) is 6.90. The minimum atomic E-state index is -0.919. The van der Waals surface area contributed by atoms with Crippen LogP contribution in [-0.4, -0.2) is 66.6 Å². The van der Waals surface area contributed by atoms with Crippen LogP contribution in [0, 0.1) is 0 Å². The Labute approximate surface area is 118 Å². The molecule has 3 atom stereocenters. The molecule has 0 aliphatic carbocycles. The highest BCUT2D eigenvalue weighted by molar-refractivity contribution is 5.76. The first kappa shape index (κ1) is 15.1. The summed E-state index contributed by atoms with van der Waals surface area (Å²) >= 11 is 0. The number of hydrogen-bond donors (Lipinski definition) is 2. The lowest BCUT2D eigenvalue weighted by Gasteiger charge is -2.37. The van der Waals surface area contributed by atoms with Gasteiger partial charge in [-0.25, -0.2) is 4.79 Å². The number of amides is 2. The van der Waals surface area contributed by atoms with Gasteiger partial charge in [0.2, 0.25) is 0 Å². The zero-order valence-corrected chi connectivity index (χ0v) is 11.7. The van der Waals surface area contributed by atoms with Crippen LogP contribution in [0.25, 0.3) is 0 Å². The third-order valence-corrected chi connectivity index (χ3v) is 3.71. The fraction of sp³-hybridized carbons (Fsp3) is 0.846. The van der Waals surface area contributed by atoms with E-state index in [0.717, 1.165) is 12.8 Å². The van der Waals surface area contributed by atoms with Gasteiger partial charge in [0.05, 0.1) is 31.8 Å². The van der Waals surface area contributed by atoms with Crippen molar-refractivity contribution in [1.29, 1.82) is 0 Å². The molecule has 7 nitrogen and oxygen atoms in total. The monoisotopic (exact) mass is 286 g/mol. The fourth-order valence-corrected chi connectivity index (χ4v) is 2.68. The highest BCUT2D eigenvalue weighted by Gasteiger charge is 2.31. The van der Waals surface area contributed by atoms with Crippen LogP contribution in [0.3, 0.4) is 0 Å². The number of rotatable bonds is 3. The number of urea groups is 1. The molecular weight excluding hydrogens is 264 g/mol. The van der Waals surface area contributed by atoms with Gasteiger partial charge in [0.25, 0.3) is 0 Å². The van der Waals surface area contributed by atoms with Crippen LogP contribution in [0.5, 0.6) is 0 Å². The molecule has 2 saturated heterocycles. The van der Waals surface area contributed by atoms with E-state index in [0.29, 0.717) is 19.8 Å². The van der Waals surface area contributed by atoms with Crippen molar-refractivity contribution in [3.05, 3.63) is 0 Å². The van der Waals surface area contributed by atoms with Crippen LogP contribution in [-0.2, 0) is 14.3 Å². The van der Waals surface area contributed by atoms with E-state index in [2.05, 4.69) is 5.32 Å². The first-order valence-corrected chi connectivity index (χ1v) is 7.04. The van der Waals surface area contributed by atoms with E-state index in [1.165, 1.54) is 0 Å². The molecule has 2 rings (SSSR count). The molecule has 0 radical (unpaired) electrons. The first-order chi connectivity index (χ1) is 9.56. The Morgan fingerprint density at radius 2 is 2.20 bits per heavy atom. The molecule has 0 aromatic carbocycles. The Balaban J connectivity index is 1.90. The maximum absolute atomic E-state index is 12.3. The highest BCUT2D eigenvalue weighted by atomic mass is 16.5. The van der Waals surface area contributed by atoms with Gasteiger partial charge in [-0.05, 0) is 19.8 Å². The Bertz CT molecular complexity index is 363. The van der Waals surface area contributed by atoms with Crippen LogP contribution in [0.1, 0.15) is 26.2 Å². The molecule has 114 valence electrons. The van der Waals surface area contributed by atoms with Gasteiger partial charge in [0.1, 0.15) is 0 Å². The average molecular weight is 286 g/mol.